The van der Waals surface area contributed by atoms with E-state index in [0.29, 0.717) is 12.1 Å². The highest BCUT2D eigenvalue weighted by Crippen LogP contribution is 2.31. The monoisotopic (exact) mass is 302 g/mol. The Balaban J connectivity index is 1.97. The molecule has 1 aliphatic rings. The predicted octanol–water partition coefficient (Wildman–Crippen LogP) is 1.36. The van der Waals surface area contributed by atoms with Crippen LogP contribution < -0.4 is 5.73 Å². The fourth-order valence-electron chi connectivity index (χ4n) is 2.63. The van der Waals surface area contributed by atoms with Crippen LogP contribution in [0.4, 0.5) is 0 Å². The third kappa shape index (κ3) is 2.60. The van der Waals surface area contributed by atoms with Gasteiger partial charge in [-0.25, -0.2) is 9.48 Å². The van der Waals surface area contributed by atoms with E-state index >= 15 is 0 Å². The van der Waals surface area contributed by atoms with Gasteiger partial charge in [0.15, 0.2) is 0 Å². The minimum absolute atomic E-state index is 0.0335. The number of ether oxygens (including phenoxy) is 2. The molecule has 116 valence electrons. The van der Waals surface area contributed by atoms with Crippen molar-refractivity contribution in [3.05, 3.63) is 41.2 Å². The summed E-state index contributed by atoms with van der Waals surface area (Å²) in [7, 11) is 1.36. The second-order valence-electron chi connectivity index (χ2n) is 5.08. The number of hydrogen-bond acceptors (Lipinski definition) is 6. The number of carbonyl (C=O) groups excluding carboxylic acids is 1. The SMILES string of the molecule is COC(=O)c1ccc(-n2nnc(CN)c2C2CCCO2)cc1. The van der Waals surface area contributed by atoms with E-state index in [1.807, 2.05) is 0 Å². The zero-order valence-corrected chi connectivity index (χ0v) is 12.4. The van der Waals surface area contributed by atoms with Crippen LogP contribution in [0.15, 0.2) is 24.3 Å². The van der Waals surface area contributed by atoms with Crippen molar-refractivity contribution in [1.82, 2.24) is 15.0 Å². The summed E-state index contributed by atoms with van der Waals surface area (Å²) in [6, 6.07) is 7.01. The Morgan fingerprint density at radius 1 is 1.45 bits per heavy atom. The third-order valence-corrected chi connectivity index (χ3v) is 3.74. The van der Waals surface area contributed by atoms with Gasteiger partial charge in [0.05, 0.1) is 24.1 Å². The second-order valence-corrected chi connectivity index (χ2v) is 5.08. The maximum atomic E-state index is 11.5. The van der Waals surface area contributed by atoms with E-state index in [4.69, 9.17) is 15.2 Å². The van der Waals surface area contributed by atoms with Gasteiger partial charge in [-0.3, -0.25) is 0 Å². The summed E-state index contributed by atoms with van der Waals surface area (Å²) >= 11 is 0. The van der Waals surface area contributed by atoms with E-state index in [2.05, 4.69) is 10.3 Å². The molecule has 0 aliphatic carbocycles. The molecule has 0 radical (unpaired) electrons. The molecular formula is C15H18N4O3. The summed E-state index contributed by atoms with van der Waals surface area (Å²) < 4.78 is 12.2. The smallest absolute Gasteiger partial charge is 0.337 e. The Labute approximate surface area is 128 Å². The van der Waals surface area contributed by atoms with Crippen molar-refractivity contribution in [1.29, 1.82) is 0 Å². The molecule has 1 aromatic heterocycles. The lowest BCUT2D eigenvalue weighted by atomic mass is 10.1. The highest BCUT2D eigenvalue weighted by molar-refractivity contribution is 5.89. The Kier molecular flexibility index (Phi) is 4.17. The van der Waals surface area contributed by atoms with Crippen molar-refractivity contribution in [2.75, 3.05) is 13.7 Å². The van der Waals surface area contributed by atoms with Crippen molar-refractivity contribution in [3.63, 3.8) is 0 Å². The zero-order valence-electron chi connectivity index (χ0n) is 12.4. The first-order valence-corrected chi connectivity index (χ1v) is 7.19. The molecule has 0 saturated carbocycles. The third-order valence-electron chi connectivity index (χ3n) is 3.74. The summed E-state index contributed by atoms with van der Waals surface area (Å²) in [5.74, 6) is -0.368. The molecule has 7 heteroatoms. The Morgan fingerprint density at radius 3 is 2.82 bits per heavy atom. The average Bonchev–Trinajstić information content (AvgIpc) is 3.22. The van der Waals surface area contributed by atoms with E-state index in [9.17, 15) is 4.79 Å². The molecule has 3 rings (SSSR count). The van der Waals surface area contributed by atoms with Crippen LogP contribution in [-0.2, 0) is 16.0 Å². The van der Waals surface area contributed by atoms with Gasteiger partial charge in [0, 0.05) is 13.2 Å². The van der Waals surface area contributed by atoms with E-state index < -0.39 is 0 Å². The molecule has 0 spiro atoms. The largest absolute Gasteiger partial charge is 0.465 e. The fraction of sp³-hybridized carbons (Fsp3) is 0.400. The molecular weight excluding hydrogens is 284 g/mol. The molecule has 1 fully saturated rings. The molecule has 2 N–H and O–H groups in total. The standard InChI is InChI=1S/C15H18N4O3/c1-21-15(20)10-4-6-11(7-5-10)19-14(12(9-16)17-18-19)13-3-2-8-22-13/h4-7,13H,2-3,8-9,16H2,1H3. The quantitative estimate of drug-likeness (QED) is 0.857. The normalized spacial score (nSPS) is 17.6. The average molecular weight is 302 g/mol. The lowest BCUT2D eigenvalue weighted by molar-refractivity contribution is 0.0600. The highest BCUT2D eigenvalue weighted by Gasteiger charge is 2.26. The van der Waals surface area contributed by atoms with Crippen LogP contribution in [0.25, 0.3) is 5.69 Å². The Bertz CT molecular complexity index is 660. The van der Waals surface area contributed by atoms with Gasteiger partial charge in [-0.15, -0.1) is 5.10 Å². The molecule has 1 unspecified atom stereocenters. The second kappa shape index (κ2) is 6.25. The molecule has 2 aromatic rings. The minimum atomic E-state index is -0.368. The van der Waals surface area contributed by atoms with Crippen LogP contribution in [-0.4, -0.2) is 34.7 Å². The first-order valence-electron chi connectivity index (χ1n) is 7.19. The van der Waals surface area contributed by atoms with Gasteiger partial charge >= 0.3 is 5.97 Å². The van der Waals surface area contributed by atoms with Crippen molar-refractivity contribution in [3.8, 4) is 5.69 Å². The number of hydrogen-bond donors (Lipinski definition) is 1. The predicted molar refractivity (Wildman–Crippen MR) is 78.5 cm³/mol. The lowest BCUT2D eigenvalue weighted by Crippen LogP contribution is -2.11. The first-order chi connectivity index (χ1) is 10.7. The lowest BCUT2D eigenvalue weighted by Gasteiger charge is -2.13. The maximum absolute atomic E-state index is 11.5. The number of rotatable bonds is 4. The maximum Gasteiger partial charge on any atom is 0.337 e. The molecule has 7 nitrogen and oxygen atoms in total. The van der Waals surface area contributed by atoms with Gasteiger partial charge in [0.2, 0.25) is 0 Å². The van der Waals surface area contributed by atoms with Crippen LogP contribution in [0.1, 0.15) is 40.7 Å². The molecule has 1 aromatic carbocycles. The molecule has 22 heavy (non-hydrogen) atoms. The first kappa shape index (κ1) is 14.7. The van der Waals surface area contributed by atoms with Crippen LogP contribution >= 0.6 is 0 Å². The van der Waals surface area contributed by atoms with Crippen molar-refractivity contribution in [2.24, 2.45) is 5.73 Å². The van der Waals surface area contributed by atoms with E-state index in [-0.39, 0.29) is 12.1 Å². The molecule has 0 amide bonds. The number of carbonyl (C=O) groups is 1. The van der Waals surface area contributed by atoms with E-state index in [1.165, 1.54) is 7.11 Å². The van der Waals surface area contributed by atoms with Gasteiger partial charge < -0.3 is 15.2 Å². The van der Waals surface area contributed by atoms with Crippen molar-refractivity contribution >= 4 is 5.97 Å². The number of esters is 1. The number of aromatic nitrogens is 3. The van der Waals surface area contributed by atoms with E-state index in [0.717, 1.165) is 36.5 Å². The number of benzene rings is 1. The summed E-state index contributed by atoms with van der Waals surface area (Å²) in [6.45, 7) is 1.05. The van der Waals surface area contributed by atoms with Crippen LogP contribution in [0.5, 0.6) is 0 Å². The van der Waals surface area contributed by atoms with Crippen molar-refractivity contribution in [2.45, 2.75) is 25.5 Å². The molecule has 0 bridgehead atoms. The summed E-state index contributed by atoms with van der Waals surface area (Å²) in [5, 5.41) is 8.33. The van der Waals surface area contributed by atoms with E-state index in [1.54, 1.807) is 28.9 Å². The van der Waals surface area contributed by atoms with Crippen LogP contribution in [0, 0.1) is 0 Å². The Morgan fingerprint density at radius 2 is 2.23 bits per heavy atom. The Hall–Kier alpha value is -2.25. The number of methoxy groups -OCH3 is 1. The van der Waals surface area contributed by atoms with Crippen LogP contribution in [0.2, 0.25) is 0 Å². The van der Waals surface area contributed by atoms with Gasteiger partial charge in [-0.05, 0) is 37.1 Å². The minimum Gasteiger partial charge on any atom is -0.465 e. The summed E-state index contributed by atoms with van der Waals surface area (Å²) in [6.07, 6.45) is 1.91. The van der Waals surface area contributed by atoms with Gasteiger partial charge in [0.1, 0.15) is 11.8 Å². The zero-order chi connectivity index (χ0) is 15.5. The van der Waals surface area contributed by atoms with Gasteiger partial charge in [0.25, 0.3) is 0 Å². The molecule has 2 heterocycles. The topological polar surface area (TPSA) is 92.3 Å². The molecule has 1 saturated heterocycles. The number of nitrogens with zero attached hydrogens (tertiary/aromatic N) is 3. The van der Waals surface area contributed by atoms with Crippen LogP contribution in [0.3, 0.4) is 0 Å². The molecule has 1 aliphatic heterocycles. The highest BCUT2D eigenvalue weighted by atomic mass is 16.5. The molecule has 1 atom stereocenters. The number of nitrogens with two attached hydrogens (primary N) is 1. The summed E-state index contributed by atoms with van der Waals surface area (Å²) in [5.41, 5.74) is 8.69. The van der Waals surface area contributed by atoms with Gasteiger partial charge in [-0.2, -0.15) is 0 Å². The fourth-order valence-corrected chi connectivity index (χ4v) is 2.63. The van der Waals surface area contributed by atoms with Crippen molar-refractivity contribution < 1.29 is 14.3 Å². The summed E-state index contributed by atoms with van der Waals surface area (Å²) in [4.78, 5) is 11.5. The van der Waals surface area contributed by atoms with Gasteiger partial charge in [-0.1, -0.05) is 5.21 Å².